The Balaban J connectivity index is 1.55. The predicted molar refractivity (Wildman–Crippen MR) is 106 cm³/mol. The summed E-state index contributed by atoms with van der Waals surface area (Å²) in [7, 11) is 0. The number of benzene rings is 1. The van der Waals surface area contributed by atoms with Crippen molar-refractivity contribution in [2.45, 2.75) is 13.3 Å². The fraction of sp³-hybridized carbons (Fsp3) is 0.105. The highest BCUT2D eigenvalue weighted by Crippen LogP contribution is 2.29. The third-order valence-corrected chi connectivity index (χ3v) is 5.66. The minimum Gasteiger partial charge on any atom is -0.310 e. The maximum Gasteiger partial charge on any atom is 0.229 e. The normalized spacial score (nSPS) is 10.9. The fourth-order valence-corrected chi connectivity index (χ4v) is 4.30. The zero-order valence-corrected chi connectivity index (χ0v) is 16.0. The van der Waals surface area contributed by atoms with Gasteiger partial charge in [-0.25, -0.2) is 14.4 Å². The first-order valence-electron chi connectivity index (χ1n) is 8.18. The molecule has 0 aliphatic carbocycles. The van der Waals surface area contributed by atoms with Crippen LogP contribution in [0, 0.1) is 12.7 Å². The van der Waals surface area contributed by atoms with E-state index in [0.717, 1.165) is 27.1 Å². The molecular weight excluding hydrogens is 383 g/mol. The molecule has 0 atom stereocenters. The summed E-state index contributed by atoms with van der Waals surface area (Å²) in [5.74, 6) is 0.779. The topological polar surface area (TPSA) is 59.8 Å². The van der Waals surface area contributed by atoms with E-state index >= 15 is 0 Å². The molecule has 0 spiro atoms. The molecule has 1 aromatic carbocycles. The van der Waals surface area contributed by atoms with Gasteiger partial charge in [0.2, 0.25) is 5.91 Å². The Hall–Kier alpha value is -2.84. The Morgan fingerprint density at radius 3 is 2.78 bits per heavy atom. The molecule has 136 valence electrons. The Kier molecular flexibility index (Phi) is 4.83. The van der Waals surface area contributed by atoms with Gasteiger partial charge in [-0.1, -0.05) is 18.2 Å². The van der Waals surface area contributed by atoms with E-state index < -0.39 is 0 Å². The highest BCUT2D eigenvalue weighted by atomic mass is 32.1. The first kappa shape index (κ1) is 17.6. The SMILES string of the molecule is Cc1ncc(NC(=O)Cc2ccc(F)cc2)n1-c1nc(-c2cccs2)cs1. The molecule has 5 nitrogen and oxygen atoms in total. The number of aryl methyl sites for hydroxylation is 1. The van der Waals surface area contributed by atoms with Gasteiger partial charge in [0.1, 0.15) is 17.5 Å². The van der Waals surface area contributed by atoms with Gasteiger partial charge in [0, 0.05) is 5.38 Å². The van der Waals surface area contributed by atoms with Crippen molar-refractivity contribution < 1.29 is 9.18 Å². The van der Waals surface area contributed by atoms with E-state index in [9.17, 15) is 9.18 Å². The highest BCUT2D eigenvalue weighted by Gasteiger charge is 2.15. The maximum absolute atomic E-state index is 13.0. The Bertz CT molecular complexity index is 1070. The molecule has 3 aromatic heterocycles. The molecule has 1 N–H and O–H groups in total. The number of thiophene rings is 1. The van der Waals surface area contributed by atoms with Crippen molar-refractivity contribution in [3.63, 3.8) is 0 Å². The van der Waals surface area contributed by atoms with Crippen LogP contribution in [0.4, 0.5) is 10.2 Å². The van der Waals surface area contributed by atoms with Gasteiger partial charge in [-0.05, 0) is 36.1 Å². The van der Waals surface area contributed by atoms with Crippen LogP contribution in [0.1, 0.15) is 11.4 Å². The van der Waals surface area contributed by atoms with Crippen molar-refractivity contribution in [2.75, 3.05) is 5.32 Å². The molecule has 0 aliphatic rings. The van der Waals surface area contributed by atoms with Crippen LogP contribution in [0.25, 0.3) is 15.7 Å². The third kappa shape index (κ3) is 3.81. The lowest BCUT2D eigenvalue weighted by atomic mass is 10.1. The predicted octanol–water partition coefficient (Wildman–Crippen LogP) is 4.69. The molecule has 0 radical (unpaired) electrons. The molecule has 27 heavy (non-hydrogen) atoms. The lowest BCUT2D eigenvalue weighted by Crippen LogP contribution is -2.17. The van der Waals surface area contributed by atoms with Gasteiger partial charge >= 0.3 is 0 Å². The van der Waals surface area contributed by atoms with Gasteiger partial charge in [0.25, 0.3) is 0 Å². The third-order valence-electron chi connectivity index (χ3n) is 3.94. The summed E-state index contributed by atoms with van der Waals surface area (Å²) < 4.78 is 14.8. The van der Waals surface area contributed by atoms with Crippen LogP contribution < -0.4 is 5.32 Å². The standard InChI is InChI=1S/C19H15FN4OS2/c1-12-21-10-17(23-18(25)9-13-4-6-14(20)7-5-13)24(12)19-22-15(11-27-19)16-3-2-8-26-16/h2-8,10-11H,9H2,1H3,(H,23,25). The second kappa shape index (κ2) is 7.42. The van der Waals surface area contributed by atoms with E-state index in [1.807, 2.05) is 34.4 Å². The van der Waals surface area contributed by atoms with Gasteiger partial charge in [-0.3, -0.25) is 9.36 Å². The minimum absolute atomic E-state index is 0.156. The number of hydrogen-bond acceptors (Lipinski definition) is 5. The van der Waals surface area contributed by atoms with E-state index in [-0.39, 0.29) is 18.1 Å². The summed E-state index contributed by atoms with van der Waals surface area (Å²) in [4.78, 5) is 22.5. The Morgan fingerprint density at radius 2 is 2.04 bits per heavy atom. The number of anilines is 1. The Labute approximate surface area is 163 Å². The average molecular weight is 398 g/mol. The molecule has 0 fully saturated rings. The van der Waals surface area contributed by atoms with Gasteiger partial charge in [-0.15, -0.1) is 22.7 Å². The number of halogens is 1. The molecule has 0 bridgehead atoms. The van der Waals surface area contributed by atoms with Gasteiger partial charge < -0.3 is 5.32 Å². The number of hydrogen-bond donors (Lipinski definition) is 1. The first-order valence-corrected chi connectivity index (χ1v) is 9.94. The van der Waals surface area contributed by atoms with Crippen molar-refractivity contribution in [3.05, 3.63) is 70.6 Å². The largest absolute Gasteiger partial charge is 0.310 e. The van der Waals surface area contributed by atoms with Crippen LogP contribution in [0.3, 0.4) is 0 Å². The number of nitrogens with zero attached hydrogens (tertiary/aromatic N) is 3. The van der Waals surface area contributed by atoms with Crippen molar-refractivity contribution in [1.29, 1.82) is 0 Å². The number of aromatic nitrogens is 3. The molecule has 0 saturated heterocycles. The summed E-state index contributed by atoms with van der Waals surface area (Å²) in [6.07, 6.45) is 1.77. The van der Waals surface area contributed by atoms with Crippen LogP contribution in [0.2, 0.25) is 0 Å². The quantitative estimate of drug-likeness (QED) is 0.531. The number of rotatable bonds is 5. The van der Waals surface area contributed by atoms with Crippen molar-refractivity contribution in [3.8, 4) is 15.7 Å². The summed E-state index contributed by atoms with van der Waals surface area (Å²) in [5, 5.41) is 7.62. The number of carbonyl (C=O) groups excluding carboxylic acids is 1. The molecule has 0 aliphatic heterocycles. The number of nitrogens with one attached hydrogen (secondary N) is 1. The molecule has 0 saturated carbocycles. The van der Waals surface area contributed by atoms with Crippen LogP contribution in [-0.4, -0.2) is 20.4 Å². The molecule has 3 heterocycles. The van der Waals surface area contributed by atoms with Crippen LogP contribution in [-0.2, 0) is 11.2 Å². The van der Waals surface area contributed by atoms with Crippen molar-refractivity contribution in [2.24, 2.45) is 0 Å². The van der Waals surface area contributed by atoms with E-state index in [0.29, 0.717) is 5.82 Å². The monoisotopic (exact) mass is 398 g/mol. The van der Waals surface area contributed by atoms with Crippen LogP contribution in [0.15, 0.2) is 53.4 Å². The lowest BCUT2D eigenvalue weighted by molar-refractivity contribution is -0.115. The molecule has 0 unspecified atom stereocenters. The summed E-state index contributed by atoms with van der Waals surface area (Å²) >= 11 is 3.12. The summed E-state index contributed by atoms with van der Waals surface area (Å²) in [5.41, 5.74) is 1.65. The lowest BCUT2D eigenvalue weighted by Gasteiger charge is -2.08. The van der Waals surface area contributed by atoms with Crippen LogP contribution >= 0.6 is 22.7 Å². The van der Waals surface area contributed by atoms with E-state index in [1.165, 1.54) is 23.5 Å². The maximum atomic E-state index is 13.0. The van der Waals surface area contributed by atoms with Gasteiger partial charge in [-0.2, -0.15) is 0 Å². The van der Waals surface area contributed by atoms with E-state index in [2.05, 4.69) is 15.3 Å². The van der Waals surface area contributed by atoms with Crippen LogP contribution in [0.5, 0.6) is 0 Å². The van der Waals surface area contributed by atoms with Gasteiger partial charge in [0.05, 0.1) is 23.2 Å². The average Bonchev–Trinajstić information content (AvgIpc) is 3.38. The van der Waals surface area contributed by atoms with Crippen molar-refractivity contribution in [1.82, 2.24) is 14.5 Å². The van der Waals surface area contributed by atoms with Crippen molar-refractivity contribution >= 4 is 34.4 Å². The molecule has 1 amide bonds. The number of amides is 1. The smallest absolute Gasteiger partial charge is 0.229 e. The second-order valence-electron chi connectivity index (χ2n) is 5.87. The minimum atomic E-state index is -0.321. The number of carbonyl (C=O) groups is 1. The zero-order chi connectivity index (χ0) is 18.8. The zero-order valence-electron chi connectivity index (χ0n) is 14.3. The summed E-state index contributed by atoms with van der Waals surface area (Å²) in [6.45, 7) is 1.86. The fourth-order valence-electron chi connectivity index (χ4n) is 2.65. The van der Waals surface area contributed by atoms with E-state index in [4.69, 9.17) is 0 Å². The molecule has 8 heteroatoms. The summed E-state index contributed by atoms with van der Waals surface area (Å²) in [6, 6.07) is 9.91. The molecule has 4 aromatic rings. The Morgan fingerprint density at radius 1 is 1.22 bits per heavy atom. The first-order chi connectivity index (χ1) is 13.1. The highest BCUT2D eigenvalue weighted by molar-refractivity contribution is 7.15. The van der Waals surface area contributed by atoms with E-state index in [1.54, 1.807) is 29.7 Å². The number of imidazole rings is 1. The number of thiazole rings is 1. The molecular formula is C19H15FN4OS2. The van der Waals surface area contributed by atoms with Gasteiger partial charge in [0.15, 0.2) is 5.13 Å². The molecule has 4 rings (SSSR count). The second-order valence-corrected chi connectivity index (χ2v) is 7.65.